The smallest absolute Gasteiger partial charge is 0.169 e. The molecule has 3 heteroatoms. The fourth-order valence-corrected chi connectivity index (χ4v) is 7.13. The summed E-state index contributed by atoms with van der Waals surface area (Å²) in [6, 6.07) is 0. The number of likely N-dealkylation sites (tertiary alicyclic amines) is 1. The van der Waals surface area contributed by atoms with Crippen molar-refractivity contribution in [2.45, 2.75) is 205 Å². The SMILES string of the molecule is CCCCC/C=C\C/C=C\CCCCCCCCC1(CCCCCCCC/C=C\C/C=C\CCCCC)OCC2(CCN(C)CC2)O1. The lowest BCUT2D eigenvalue weighted by Gasteiger charge is -2.38. The normalized spacial score (nSPS) is 18.4. The molecule has 0 amide bonds. The Morgan fingerprint density at radius 3 is 1.30 bits per heavy atom. The molecule has 0 saturated carbocycles. The van der Waals surface area contributed by atoms with E-state index in [1.54, 1.807) is 0 Å². The Labute approximate surface area is 294 Å². The lowest BCUT2D eigenvalue weighted by molar-refractivity contribution is -0.204. The van der Waals surface area contributed by atoms with Crippen LogP contribution in [-0.2, 0) is 9.47 Å². The highest BCUT2D eigenvalue weighted by Crippen LogP contribution is 2.43. The van der Waals surface area contributed by atoms with Gasteiger partial charge in [0.1, 0.15) is 0 Å². The van der Waals surface area contributed by atoms with Gasteiger partial charge in [0.25, 0.3) is 0 Å². The van der Waals surface area contributed by atoms with Crippen LogP contribution in [0.5, 0.6) is 0 Å². The summed E-state index contributed by atoms with van der Waals surface area (Å²) in [5, 5.41) is 0. The zero-order valence-electron chi connectivity index (χ0n) is 31.8. The number of hydrogen-bond donors (Lipinski definition) is 0. The van der Waals surface area contributed by atoms with Crippen molar-refractivity contribution >= 4 is 0 Å². The third kappa shape index (κ3) is 21.5. The van der Waals surface area contributed by atoms with E-state index in [9.17, 15) is 0 Å². The van der Waals surface area contributed by atoms with E-state index in [1.165, 1.54) is 141 Å². The van der Waals surface area contributed by atoms with Gasteiger partial charge in [-0.15, -0.1) is 0 Å². The van der Waals surface area contributed by atoms with E-state index in [2.05, 4.69) is 74.4 Å². The molecule has 2 aliphatic heterocycles. The largest absolute Gasteiger partial charge is 0.347 e. The fourth-order valence-electron chi connectivity index (χ4n) is 7.13. The first-order valence-electron chi connectivity index (χ1n) is 20.8. The van der Waals surface area contributed by atoms with Crippen molar-refractivity contribution in [3.63, 3.8) is 0 Å². The molecule has 2 rings (SSSR count). The van der Waals surface area contributed by atoms with Gasteiger partial charge < -0.3 is 14.4 Å². The number of nitrogens with zero attached hydrogens (tertiary/aromatic N) is 1. The summed E-state index contributed by atoms with van der Waals surface area (Å²) in [4.78, 5) is 2.44. The first-order chi connectivity index (χ1) is 23.1. The topological polar surface area (TPSA) is 21.7 Å². The van der Waals surface area contributed by atoms with Crippen LogP contribution in [0.15, 0.2) is 48.6 Å². The second-order valence-electron chi connectivity index (χ2n) is 15.0. The molecule has 0 aromatic heterocycles. The third-order valence-electron chi connectivity index (χ3n) is 10.4. The summed E-state index contributed by atoms with van der Waals surface area (Å²) in [6.45, 7) is 7.62. The second kappa shape index (κ2) is 28.7. The van der Waals surface area contributed by atoms with E-state index in [0.717, 1.165) is 58.2 Å². The molecule has 0 unspecified atom stereocenters. The zero-order chi connectivity index (χ0) is 33.6. The molecule has 0 atom stereocenters. The van der Waals surface area contributed by atoms with Crippen LogP contribution in [0.3, 0.4) is 0 Å². The summed E-state index contributed by atoms with van der Waals surface area (Å²) in [5.41, 5.74) is -0.0246. The van der Waals surface area contributed by atoms with Gasteiger partial charge in [-0.3, -0.25) is 0 Å². The van der Waals surface area contributed by atoms with E-state index in [-0.39, 0.29) is 11.4 Å². The van der Waals surface area contributed by atoms with Crippen LogP contribution in [0, 0.1) is 0 Å². The lowest BCUT2D eigenvalue weighted by Crippen LogP contribution is -2.46. The third-order valence-corrected chi connectivity index (χ3v) is 10.4. The van der Waals surface area contributed by atoms with Gasteiger partial charge in [-0.05, 0) is 96.9 Å². The summed E-state index contributed by atoms with van der Waals surface area (Å²) < 4.78 is 13.7. The molecule has 3 nitrogen and oxygen atoms in total. The summed E-state index contributed by atoms with van der Waals surface area (Å²) >= 11 is 0. The van der Waals surface area contributed by atoms with Crippen LogP contribution in [0.25, 0.3) is 0 Å². The molecule has 0 N–H and O–H groups in total. The van der Waals surface area contributed by atoms with Crippen LogP contribution in [0.1, 0.15) is 194 Å². The molecule has 0 bridgehead atoms. The average molecular weight is 654 g/mol. The van der Waals surface area contributed by atoms with Gasteiger partial charge in [-0.1, -0.05) is 140 Å². The van der Waals surface area contributed by atoms with E-state index in [1.807, 2.05) is 0 Å². The lowest BCUT2D eigenvalue weighted by atomic mass is 9.92. The number of piperidine rings is 1. The minimum atomic E-state index is -0.319. The van der Waals surface area contributed by atoms with Crippen molar-refractivity contribution in [1.82, 2.24) is 4.90 Å². The van der Waals surface area contributed by atoms with Gasteiger partial charge >= 0.3 is 0 Å². The van der Waals surface area contributed by atoms with Crippen molar-refractivity contribution in [2.75, 3.05) is 26.7 Å². The number of hydrogen-bond acceptors (Lipinski definition) is 3. The molecule has 0 aromatic rings. The minimum Gasteiger partial charge on any atom is -0.347 e. The van der Waals surface area contributed by atoms with Crippen LogP contribution < -0.4 is 0 Å². The summed E-state index contributed by atoms with van der Waals surface area (Å²) in [5.74, 6) is -0.319. The van der Waals surface area contributed by atoms with E-state index >= 15 is 0 Å². The zero-order valence-corrected chi connectivity index (χ0v) is 31.8. The van der Waals surface area contributed by atoms with E-state index in [0.29, 0.717) is 0 Å². The van der Waals surface area contributed by atoms with Crippen LogP contribution in [-0.4, -0.2) is 43.0 Å². The standard InChI is InChI=1S/C44H79NO2/c1-4-6-8-10-12-14-16-18-20-22-24-26-28-30-32-34-36-44(46-42-43(47-44)38-40-45(3)41-39-43)37-35-33-31-29-27-25-23-21-19-17-15-13-11-9-7-5-2/h12-15,18-21H,4-11,16-17,22-42H2,1-3H3/b14-12-,15-13-,20-18-,21-19-. The van der Waals surface area contributed by atoms with Crippen LogP contribution in [0.4, 0.5) is 0 Å². The van der Waals surface area contributed by atoms with E-state index in [4.69, 9.17) is 9.47 Å². The van der Waals surface area contributed by atoms with Crippen LogP contribution in [0.2, 0.25) is 0 Å². The predicted octanol–water partition coefficient (Wildman–Crippen LogP) is 13.6. The van der Waals surface area contributed by atoms with Gasteiger partial charge in [0, 0.05) is 25.9 Å². The maximum atomic E-state index is 7.00. The molecule has 0 radical (unpaired) electrons. The fraction of sp³-hybridized carbons (Fsp3) is 0.818. The molecule has 0 aliphatic carbocycles. The Morgan fingerprint density at radius 1 is 0.489 bits per heavy atom. The maximum absolute atomic E-state index is 7.00. The molecule has 2 heterocycles. The maximum Gasteiger partial charge on any atom is 0.169 e. The average Bonchev–Trinajstić information content (AvgIpc) is 3.43. The van der Waals surface area contributed by atoms with Gasteiger partial charge in [0.2, 0.25) is 0 Å². The molecule has 2 saturated heterocycles. The second-order valence-corrected chi connectivity index (χ2v) is 15.0. The highest BCUT2D eigenvalue weighted by molar-refractivity contribution is 4.95. The van der Waals surface area contributed by atoms with Gasteiger partial charge in [0.05, 0.1) is 12.2 Å². The van der Waals surface area contributed by atoms with Crippen molar-refractivity contribution in [1.29, 1.82) is 0 Å². The van der Waals surface area contributed by atoms with E-state index < -0.39 is 0 Å². The van der Waals surface area contributed by atoms with Gasteiger partial charge in [0.15, 0.2) is 5.79 Å². The van der Waals surface area contributed by atoms with Crippen molar-refractivity contribution < 1.29 is 9.47 Å². The quantitative estimate of drug-likeness (QED) is 0.0569. The van der Waals surface area contributed by atoms with Crippen LogP contribution >= 0.6 is 0 Å². The first kappa shape index (κ1) is 42.0. The summed E-state index contributed by atoms with van der Waals surface area (Å²) in [6.07, 6.45) is 54.4. The molecule has 0 aromatic carbocycles. The number of allylic oxidation sites excluding steroid dienone is 8. The molecular weight excluding hydrogens is 574 g/mol. The predicted molar refractivity (Wildman–Crippen MR) is 207 cm³/mol. The van der Waals surface area contributed by atoms with Gasteiger partial charge in [-0.25, -0.2) is 0 Å². The Balaban J connectivity index is 1.56. The molecular formula is C44H79NO2. The number of ether oxygens (including phenoxy) is 2. The van der Waals surface area contributed by atoms with Crippen molar-refractivity contribution in [3.05, 3.63) is 48.6 Å². The Kier molecular flexibility index (Phi) is 25.6. The Bertz CT molecular complexity index is 771. The number of unbranched alkanes of at least 4 members (excludes halogenated alkanes) is 18. The molecule has 1 spiro atoms. The summed E-state index contributed by atoms with van der Waals surface area (Å²) in [7, 11) is 2.24. The molecule has 2 aliphatic rings. The Morgan fingerprint density at radius 2 is 0.872 bits per heavy atom. The van der Waals surface area contributed by atoms with Crippen molar-refractivity contribution in [2.24, 2.45) is 0 Å². The van der Waals surface area contributed by atoms with Gasteiger partial charge in [-0.2, -0.15) is 0 Å². The molecule has 47 heavy (non-hydrogen) atoms. The highest BCUT2D eigenvalue weighted by Gasteiger charge is 2.50. The molecule has 2 fully saturated rings. The van der Waals surface area contributed by atoms with Crippen molar-refractivity contribution in [3.8, 4) is 0 Å². The minimum absolute atomic E-state index is 0.0246. The monoisotopic (exact) mass is 654 g/mol. The first-order valence-corrected chi connectivity index (χ1v) is 20.8. The molecule has 272 valence electrons. The number of rotatable bonds is 30. The Hall–Kier alpha value is -1.16. The highest BCUT2D eigenvalue weighted by atomic mass is 16.8.